The van der Waals surface area contributed by atoms with E-state index in [9.17, 15) is 13.2 Å². The summed E-state index contributed by atoms with van der Waals surface area (Å²) < 4.78 is 30.3. The molecule has 0 heterocycles. The van der Waals surface area contributed by atoms with Gasteiger partial charge in [0, 0.05) is 6.04 Å². The van der Waals surface area contributed by atoms with Gasteiger partial charge in [0.2, 0.25) is 15.9 Å². The lowest BCUT2D eigenvalue weighted by Crippen LogP contribution is -2.43. The van der Waals surface area contributed by atoms with E-state index in [1.54, 1.807) is 24.3 Å². The van der Waals surface area contributed by atoms with E-state index in [0.717, 1.165) is 23.4 Å². The Bertz CT molecular complexity index is 601. The number of methoxy groups -OCH3 is 1. The number of para-hydroxylation sites is 2. The second kappa shape index (κ2) is 8.03. The fourth-order valence-electron chi connectivity index (χ4n) is 2.17. The average Bonchev–Trinajstić information content (AvgIpc) is 2.43. The van der Waals surface area contributed by atoms with Crippen LogP contribution in [0.25, 0.3) is 0 Å². The van der Waals surface area contributed by atoms with Crippen LogP contribution in [0.15, 0.2) is 24.3 Å². The van der Waals surface area contributed by atoms with Gasteiger partial charge in [-0.1, -0.05) is 25.5 Å². The van der Waals surface area contributed by atoms with Gasteiger partial charge in [-0.15, -0.1) is 0 Å². The quantitative estimate of drug-likeness (QED) is 0.789. The van der Waals surface area contributed by atoms with Gasteiger partial charge in [0.1, 0.15) is 12.3 Å². The van der Waals surface area contributed by atoms with E-state index < -0.39 is 10.0 Å². The Kier molecular flexibility index (Phi) is 6.67. The van der Waals surface area contributed by atoms with Crippen LogP contribution in [-0.2, 0) is 14.8 Å². The Balaban J connectivity index is 2.99. The topological polar surface area (TPSA) is 75.7 Å². The van der Waals surface area contributed by atoms with Crippen LogP contribution >= 0.6 is 0 Å². The molecule has 7 heteroatoms. The van der Waals surface area contributed by atoms with Crippen LogP contribution in [-0.4, -0.2) is 40.3 Å². The number of nitrogens with one attached hydrogen (secondary N) is 1. The standard InChI is InChI=1S/C15H24N2O4S/c1-5-8-12(2)16-15(18)11-17(22(4,19)20)13-9-6-7-10-14(13)21-3/h6-7,9-10,12H,5,8,11H2,1-4H3,(H,16,18). The highest BCUT2D eigenvalue weighted by Gasteiger charge is 2.24. The molecule has 1 N–H and O–H groups in total. The molecule has 124 valence electrons. The summed E-state index contributed by atoms with van der Waals surface area (Å²) in [6, 6.07) is 6.73. The number of carbonyl (C=O) groups excluding carboxylic acids is 1. The third-order valence-corrected chi connectivity index (χ3v) is 4.30. The Hall–Kier alpha value is -1.76. The molecule has 0 aliphatic rings. The van der Waals surface area contributed by atoms with Gasteiger partial charge in [0.25, 0.3) is 0 Å². The number of carbonyl (C=O) groups is 1. The predicted molar refractivity (Wildman–Crippen MR) is 87.7 cm³/mol. The van der Waals surface area contributed by atoms with E-state index >= 15 is 0 Å². The molecule has 6 nitrogen and oxygen atoms in total. The number of hydrogen-bond acceptors (Lipinski definition) is 4. The van der Waals surface area contributed by atoms with E-state index in [-0.39, 0.29) is 18.5 Å². The van der Waals surface area contributed by atoms with Crippen molar-refractivity contribution in [1.82, 2.24) is 5.32 Å². The van der Waals surface area contributed by atoms with Crippen molar-refractivity contribution >= 4 is 21.6 Å². The zero-order valence-electron chi connectivity index (χ0n) is 13.5. The van der Waals surface area contributed by atoms with Gasteiger partial charge in [-0.05, 0) is 25.5 Å². The number of nitrogens with zero attached hydrogens (tertiary/aromatic N) is 1. The van der Waals surface area contributed by atoms with Crippen LogP contribution in [0.2, 0.25) is 0 Å². The molecule has 0 aromatic heterocycles. The van der Waals surface area contributed by atoms with Crippen LogP contribution < -0.4 is 14.4 Å². The Morgan fingerprint density at radius 2 is 2.00 bits per heavy atom. The maximum Gasteiger partial charge on any atom is 0.240 e. The summed E-state index contributed by atoms with van der Waals surface area (Å²) in [5.74, 6) is 0.0691. The molecule has 1 unspecified atom stereocenters. The lowest BCUT2D eigenvalue weighted by molar-refractivity contribution is -0.120. The summed E-state index contributed by atoms with van der Waals surface area (Å²) in [5.41, 5.74) is 0.353. The molecule has 0 fully saturated rings. The lowest BCUT2D eigenvalue weighted by Gasteiger charge is -2.24. The third kappa shape index (κ3) is 5.22. The van der Waals surface area contributed by atoms with Gasteiger partial charge in [0.05, 0.1) is 19.1 Å². The molecule has 1 aromatic carbocycles. The zero-order chi connectivity index (χ0) is 16.8. The summed E-state index contributed by atoms with van der Waals surface area (Å²) in [6.07, 6.45) is 2.87. The maximum absolute atomic E-state index is 12.1. The number of amides is 1. The summed E-state index contributed by atoms with van der Waals surface area (Å²) in [5, 5.41) is 2.80. The molecular formula is C15H24N2O4S. The van der Waals surface area contributed by atoms with E-state index in [2.05, 4.69) is 5.32 Å². The zero-order valence-corrected chi connectivity index (χ0v) is 14.3. The third-order valence-electron chi connectivity index (χ3n) is 3.17. The smallest absolute Gasteiger partial charge is 0.240 e. The van der Waals surface area contributed by atoms with Gasteiger partial charge >= 0.3 is 0 Å². The number of sulfonamides is 1. The van der Waals surface area contributed by atoms with Gasteiger partial charge in [-0.25, -0.2) is 8.42 Å². The maximum atomic E-state index is 12.1. The minimum absolute atomic E-state index is 0.0107. The van der Waals surface area contributed by atoms with Crippen molar-refractivity contribution in [2.24, 2.45) is 0 Å². The molecule has 0 saturated carbocycles. The normalized spacial score (nSPS) is 12.5. The van der Waals surface area contributed by atoms with Gasteiger partial charge in [-0.2, -0.15) is 0 Å². The first-order valence-electron chi connectivity index (χ1n) is 7.19. The Morgan fingerprint density at radius 1 is 1.36 bits per heavy atom. The van der Waals surface area contributed by atoms with E-state index in [0.29, 0.717) is 11.4 Å². The second-order valence-corrected chi connectivity index (χ2v) is 7.11. The molecule has 0 saturated heterocycles. The Morgan fingerprint density at radius 3 is 2.55 bits per heavy atom. The molecular weight excluding hydrogens is 304 g/mol. The van der Waals surface area contributed by atoms with E-state index in [1.807, 2.05) is 13.8 Å². The highest BCUT2D eigenvalue weighted by molar-refractivity contribution is 7.92. The molecule has 1 amide bonds. The number of hydrogen-bond donors (Lipinski definition) is 1. The fraction of sp³-hybridized carbons (Fsp3) is 0.533. The van der Waals surface area contributed by atoms with Crippen molar-refractivity contribution in [3.05, 3.63) is 24.3 Å². The first-order valence-corrected chi connectivity index (χ1v) is 9.04. The van der Waals surface area contributed by atoms with Crippen molar-refractivity contribution in [3.63, 3.8) is 0 Å². The first-order chi connectivity index (χ1) is 10.3. The van der Waals surface area contributed by atoms with Gasteiger partial charge in [-0.3, -0.25) is 9.10 Å². The Labute approximate surface area is 132 Å². The van der Waals surface area contributed by atoms with Crippen molar-refractivity contribution in [2.45, 2.75) is 32.7 Å². The van der Waals surface area contributed by atoms with Crippen LogP contribution in [0.3, 0.4) is 0 Å². The summed E-state index contributed by atoms with van der Waals surface area (Å²) in [4.78, 5) is 12.1. The van der Waals surface area contributed by atoms with Crippen LogP contribution in [0.1, 0.15) is 26.7 Å². The van der Waals surface area contributed by atoms with Crippen LogP contribution in [0, 0.1) is 0 Å². The van der Waals surface area contributed by atoms with Crippen LogP contribution in [0.5, 0.6) is 5.75 Å². The average molecular weight is 328 g/mol. The van der Waals surface area contributed by atoms with Crippen molar-refractivity contribution in [3.8, 4) is 5.75 Å². The summed E-state index contributed by atoms with van der Waals surface area (Å²) in [7, 11) is -2.14. The monoisotopic (exact) mass is 328 g/mol. The largest absolute Gasteiger partial charge is 0.495 e. The second-order valence-electron chi connectivity index (χ2n) is 5.20. The first kappa shape index (κ1) is 18.3. The molecule has 0 radical (unpaired) electrons. The number of ether oxygens (including phenoxy) is 1. The fourth-order valence-corrected chi connectivity index (χ4v) is 3.03. The molecule has 0 aliphatic carbocycles. The van der Waals surface area contributed by atoms with Crippen molar-refractivity contribution in [2.75, 3.05) is 24.2 Å². The van der Waals surface area contributed by atoms with E-state index in [1.165, 1.54) is 7.11 Å². The number of benzene rings is 1. The molecule has 1 atom stereocenters. The molecule has 0 aliphatic heterocycles. The number of rotatable bonds is 8. The predicted octanol–water partition coefficient (Wildman–Crippen LogP) is 1.77. The minimum atomic E-state index is -3.60. The SMILES string of the molecule is CCCC(C)NC(=O)CN(c1ccccc1OC)S(C)(=O)=O. The molecule has 22 heavy (non-hydrogen) atoms. The number of anilines is 1. The van der Waals surface area contributed by atoms with Gasteiger partial charge < -0.3 is 10.1 Å². The highest BCUT2D eigenvalue weighted by atomic mass is 32.2. The van der Waals surface area contributed by atoms with Crippen LogP contribution in [0.4, 0.5) is 5.69 Å². The van der Waals surface area contributed by atoms with Crippen molar-refractivity contribution in [1.29, 1.82) is 0 Å². The molecule has 1 rings (SSSR count). The highest BCUT2D eigenvalue weighted by Crippen LogP contribution is 2.29. The molecule has 1 aromatic rings. The lowest BCUT2D eigenvalue weighted by atomic mass is 10.2. The van der Waals surface area contributed by atoms with Crippen molar-refractivity contribution < 1.29 is 17.9 Å². The van der Waals surface area contributed by atoms with Gasteiger partial charge in [0.15, 0.2) is 0 Å². The molecule has 0 bridgehead atoms. The van der Waals surface area contributed by atoms with E-state index in [4.69, 9.17) is 4.74 Å². The minimum Gasteiger partial charge on any atom is -0.495 e. The summed E-state index contributed by atoms with van der Waals surface area (Å²) in [6.45, 7) is 3.66. The summed E-state index contributed by atoms with van der Waals surface area (Å²) >= 11 is 0. The molecule has 0 spiro atoms.